The molecule has 0 unspecified atom stereocenters. The molecule has 3 saturated heterocycles. The predicted octanol–water partition coefficient (Wildman–Crippen LogP) is -0.757. The summed E-state index contributed by atoms with van der Waals surface area (Å²) in [6.45, 7) is 1.93. The minimum atomic E-state index is -1.19. The van der Waals surface area contributed by atoms with Gasteiger partial charge in [0.15, 0.2) is 6.29 Å². The van der Waals surface area contributed by atoms with Crippen LogP contribution >= 0.6 is 0 Å². The van der Waals surface area contributed by atoms with Crippen molar-refractivity contribution in [3.63, 3.8) is 0 Å². The molecule has 2 bridgehead atoms. The van der Waals surface area contributed by atoms with Crippen molar-refractivity contribution >= 4 is 0 Å². The van der Waals surface area contributed by atoms with Crippen LogP contribution in [0.5, 0.6) is 0 Å². The van der Waals surface area contributed by atoms with Crippen molar-refractivity contribution in [1.29, 1.82) is 0 Å². The summed E-state index contributed by atoms with van der Waals surface area (Å²) < 4.78 is 10.3. The highest BCUT2D eigenvalue weighted by Gasteiger charge is 2.52. The van der Waals surface area contributed by atoms with Crippen LogP contribution in [0.25, 0.3) is 0 Å². The zero-order valence-corrected chi connectivity index (χ0v) is 6.36. The van der Waals surface area contributed by atoms with Crippen molar-refractivity contribution in [3.05, 3.63) is 0 Å². The summed E-state index contributed by atoms with van der Waals surface area (Å²) >= 11 is 0. The molecule has 0 amide bonds. The van der Waals surface area contributed by atoms with Crippen LogP contribution in [0.4, 0.5) is 0 Å². The number of aliphatic hydroxyl groups is 2. The SMILES string of the molecule is C[C@@H]1O[C@H]2C[C@H](O)[C@]1(O)CO2. The average Bonchev–Trinajstić information content (AvgIpc) is 1.94. The van der Waals surface area contributed by atoms with E-state index in [2.05, 4.69) is 0 Å². The van der Waals surface area contributed by atoms with Crippen LogP contribution in [0.3, 0.4) is 0 Å². The van der Waals surface area contributed by atoms with Gasteiger partial charge in [-0.05, 0) is 6.92 Å². The highest BCUT2D eigenvalue weighted by molar-refractivity contribution is 4.99. The zero-order valence-electron chi connectivity index (χ0n) is 6.36. The maximum atomic E-state index is 9.75. The minimum Gasteiger partial charge on any atom is -0.390 e. The Morgan fingerprint density at radius 2 is 2.27 bits per heavy atom. The van der Waals surface area contributed by atoms with Gasteiger partial charge in [-0.15, -0.1) is 0 Å². The number of aliphatic hydroxyl groups excluding tert-OH is 1. The summed E-state index contributed by atoms with van der Waals surface area (Å²) in [4.78, 5) is 0. The van der Waals surface area contributed by atoms with E-state index in [9.17, 15) is 10.2 Å². The Kier molecular flexibility index (Phi) is 1.47. The lowest BCUT2D eigenvalue weighted by Gasteiger charge is -2.49. The summed E-state index contributed by atoms with van der Waals surface area (Å²) in [6, 6.07) is 0. The van der Waals surface area contributed by atoms with Crippen LogP contribution in [-0.4, -0.2) is 40.9 Å². The van der Waals surface area contributed by atoms with Crippen molar-refractivity contribution in [1.82, 2.24) is 0 Å². The molecule has 3 rings (SSSR count). The number of hydrogen-bond acceptors (Lipinski definition) is 4. The first kappa shape index (κ1) is 7.49. The largest absolute Gasteiger partial charge is 0.390 e. The van der Waals surface area contributed by atoms with Crippen LogP contribution in [0, 0.1) is 0 Å². The van der Waals surface area contributed by atoms with Crippen LogP contribution in [0.1, 0.15) is 13.3 Å². The van der Waals surface area contributed by atoms with E-state index in [0.717, 1.165) is 0 Å². The van der Waals surface area contributed by atoms with Gasteiger partial charge in [0.2, 0.25) is 0 Å². The van der Waals surface area contributed by atoms with Gasteiger partial charge >= 0.3 is 0 Å². The molecule has 11 heavy (non-hydrogen) atoms. The van der Waals surface area contributed by atoms with Crippen LogP contribution in [0.2, 0.25) is 0 Å². The Labute approximate surface area is 64.7 Å². The first-order chi connectivity index (χ1) is 5.13. The molecule has 64 valence electrons. The molecule has 3 fully saturated rings. The smallest absolute Gasteiger partial charge is 0.160 e. The lowest BCUT2D eigenvalue weighted by molar-refractivity contribution is -0.351. The molecule has 0 radical (unpaired) electrons. The van der Waals surface area contributed by atoms with E-state index in [1.165, 1.54) is 0 Å². The highest BCUT2D eigenvalue weighted by atomic mass is 16.7. The van der Waals surface area contributed by atoms with Gasteiger partial charge in [0.1, 0.15) is 5.60 Å². The van der Waals surface area contributed by atoms with Gasteiger partial charge in [0, 0.05) is 6.42 Å². The lowest BCUT2D eigenvalue weighted by Crippen LogP contribution is -2.66. The van der Waals surface area contributed by atoms with E-state index in [0.29, 0.717) is 6.42 Å². The monoisotopic (exact) mass is 160 g/mol. The van der Waals surface area contributed by atoms with Crippen molar-refractivity contribution in [2.45, 2.75) is 37.4 Å². The topological polar surface area (TPSA) is 58.9 Å². The number of rotatable bonds is 0. The summed E-state index contributed by atoms with van der Waals surface area (Å²) in [6.07, 6.45) is -0.982. The number of hydrogen-bond donors (Lipinski definition) is 2. The third kappa shape index (κ3) is 0.906. The highest BCUT2D eigenvalue weighted by Crippen LogP contribution is 2.35. The van der Waals surface area contributed by atoms with E-state index in [-0.39, 0.29) is 19.0 Å². The fourth-order valence-electron chi connectivity index (χ4n) is 1.61. The second-order valence-electron chi connectivity index (χ2n) is 3.26. The minimum absolute atomic E-state index is 0.181. The number of ether oxygens (including phenoxy) is 2. The average molecular weight is 160 g/mol. The van der Waals surface area contributed by atoms with Gasteiger partial charge in [0.25, 0.3) is 0 Å². The molecule has 0 saturated carbocycles. The maximum Gasteiger partial charge on any atom is 0.160 e. The zero-order chi connectivity index (χ0) is 8.06. The van der Waals surface area contributed by atoms with Crippen LogP contribution in [0.15, 0.2) is 0 Å². The van der Waals surface area contributed by atoms with Gasteiger partial charge < -0.3 is 19.7 Å². The summed E-state index contributed by atoms with van der Waals surface area (Å²) in [5.41, 5.74) is -1.19. The Hall–Kier alpha value is -0.160. The van der Waals surface area contributed by atoms with E-state index in [4.69, 9.17) is 9.47 Å². The molecule has 0 aromatic rings. The molecule has 0 spiro atoms. The van der Waals surface area contributed by atoms with E-state index < -0.39 is 11.7 Å². The lowest BCUT2D eigenvalue weighted by atomic mass is 9.85. The fourth-order valence-corrected chi connectivity index (χ4v) is 1.61. The Balaban J connectivity index is 2.23. The van der Waals surface area contributed by atoms with Gasteiger partial charge in [-0.2, -0.15) is 0 Å². The van der Waals surface area contributed by atoms with Crippen molar-refractivity contribution in [2.24, 2.45) is 0 Å². The van der Waals surface area contributed by atoms with Crippen molar-refractivity contribution in [3.8, 4) is 0 Å². The van der Waals surface area contributed by atoms with E-state index in [1.54, 1.807) is 6.92 Å². The quantitative estimate of drug-likeness (QED) is 0.489. The molecule has 3 aliphatic rings. The van der Waals surface area contributed by atoms with Crippen LogP contribution < -0.4 is 0 Å². The molecular formula is C7H12O4. The molecule has 4 heteroatoms. The van der Waals surface area contributed by atoms with Crippen LogP contribution in [-0.2, 0) is 9.47 Å². The normalized spacial score (nSPS) is 56.5. The summed E-state index contributed by atoms with van der Waals surface area (Å²) in [5, 5.41) is 19.2. The summed E-state index contributed by atoms with van der Waals surface area (Å²) in [5.74, 6) is 0. The number of fused-ring (bicyclic) bond motifs is 3. The standard InChI is InChI=1S/C7H12O4/c1-4-7(9)3-10-6(11-4)2-5(7)8/h4-6,8-9H,2-3H2,1H3/t4-,5-,6-,7-/m0/s1. The van der Waals surface area contributed by atoms with E-state index in [1.807, 2.05) is 0 Å². The van der Waals surface area contributed by atoms with Gasteiger partial charge in [-0.25, -0.2) is 0 Å². The first-order valence-corrected chi connectivity index (χ1v) is 3.80. The van der Waals surface area contributed by atoms with Crippen molar-refractivity contribution in [2.75, 3.05) is 6.61 Å². The molecule has 2 N–H and O–H groups in total. The molecular weight excluding hydrogens is 148 g/mol. The second-order valence-corrected chi connectivity index (χ2v) is 3.26. The third-order valence-corrected chi connectivity index (χ3v) is 2.55. The molecule has 3 aliphatic heterocycles. The fraction of sp³-hybridized carbons (Fsp3) is 1.00. The Morgan fingerprint density at radius 1 is 1.55 bits per heavy atom. The molecule has 0 aromatic heterocycles. The predicted molar refractivity (Wildman–Crippen MR) is 35.9 cm³/mol. The van der Waals surface area contributed by atoms with Gasteiger partial charge in [-0.3, -0.25) is 0 Å². The third-order valence-electron chi connectivity index (χ3n) is 2.55. The second kappa shape index (κ2) is 2.17. The Morgan fingerprint density at radius 3 is 2.73 bits per heavy atom. The molecule has 4 nitrogen and oxygen atoms in total. The molecule has 3 heterocycles. The molecule has 0 aliphatic carbocycles. The Bertz CT molecular complexity index is 158. The first-order valence-electron chi connectivity index (χ1n) is 3.80. The summed E-state index contributed by atoms with van der Waals surface area (Å²) in [7, 11) is 0. The van der Waals surface area contributed by atoms with Gasteiger partial charge in [0.05, 0.1) is 18.8 Å². The van der Waals surface area contributed by atoms with Gasteiger partial charge in [-0.1, -0.05) is 0 Å². The molecule has 4 atom stereocenters. The molecule has 0 aromatic carbocycles. The van der Waals surface area contributed by atoms with E-state index >= 15 is 0 Å². The van der Waals surface area contributed by atoms with Crippen molar-refractivity contribution < 1.29 is 19.7 Å². The maximum absolute atomic E-state index is 9.75.